The Bertz CT molecular complexity index is 1690. The Labute approximate surface area is 259 Å². The van der Waals surface area contributed by atoms with Crippen molar-refractivity contribution < 1.29 is 28.5 Å². The lowest BCUT2D eigenvalue weighted by molar-refractivity contribution is -0.122. The Balaban J connectivity index is 1.33. The first-order valence-electron chi connectivity index (χ1n) is 13.2. The molecule has 0 unspecified atom stereocenters. The van der Waals surface area contributed by atoms with Gasteiger partial charge >= 0.3 is 0 Å². The quantitative estimate of drug-likeness (QED) is 0.127. The number of rotatable bonds is 10. The third-order valence-electron chi connectivity index (χ3n) is 6.53. The first-order chi connectivity index (χ1) is 20.9. The lowest BCUT2D eigenvalue weighted by atomic mass is 10.1. The van der Waals surface area contributed by atoms with Crippen molar-refractivity contribution in [3.8, 4) is 23.0 Å². The number of carbonyl (C=O) groups excluding carboxylic acids is 2. The third-order valence-corrected chi connectivity index (χ3v) is 7.09. The number of anilines is 1. The highest BCUT2D eigenvalue weighted by Gasteiger charge is 2.34. The van der Waals surface area contributed by atoms with E-state index in [0.29, 0.717) is 40.9 Å². The molecule has 0 aliphatic carbocycles. The number of nitrogens with zero attached hydrogens (tertiary/aromatic N) is 1. The molecule has 0 aromatic heterocycles. The van der Waals surface area contributed by atoms with Gasteiger partial charge < -0.3 is 18.9 Å². The van der Waals surface area contributed by atoms with Gasteiger partial charge in [0.05, 0.1) is 24.9 Å². The molecule has 0 atom stereocenters. The maximum Gasteiger partial charge on any atom is 0.270 e. The molecule has 2 amide bonds. The molecule has 1 heterocycles. The molecule has 8 nitrogen and oxygen atoms in total. The summed E-state index contributed by atoms with van der Waals surface area (Å²) >= 11 is 11.9. The van der Waals surface area contributed by atoms with Crippen molar-refractivity contribution in [1.29, 1.82) is 0 Å². The summed E-state index contributed by atoms with van der Waals surface area (Å²) in [6, 6.07) is 27.4. The van der Waals surface area contributed by atoms with E-state index in [0.717, 1.165) is 11.1 Å². The fraction of sp³-hybridized carbons (Fsp3) is 0.121. The van der Waals surface area contributed by atoms with Crippen LogP contribution in [0.5, 0.6) is 23.0 Å². The molecule has 10 heteroatoms. The van der Waals surface area contributed by atoms with Crippen molar-refractivity contribution in [3.63, 3.8) is 0 Å². The van der Waals surface area contributed by atoms with Gasteiger partial charge in [-0.25, -0.2) is 0 Å². The van der Waals surface area contributed by atoms with E-state index in [1.807, 2.05) is 54.6 Å². The minimum atomic E-state index is -0.609. The van der Waals surface area contributed by atoms with Crippen molar-refractivity contribution >= 4 is 52.5 Å². The molecular weight excluding hydrogens is 588 g/mol. The summed E-state index contributed by atoms with van der Waals surface area (Å²) in [5.41, 5.74) is 2.76. The average Bonchev–Trinajstić information content (AvgIpc) is 3.02. The third kappa shape index (κ3) is 6.80. The van der Waals surface area contributed by atoms with Crippen molar-refractivity contribution in [3.05, 3.63) is 118 Å². The second kappa shape index (κ2) is 13.4. The van der Waals surface area contributed by atoms with E-state index in [1.165, 1.54) is 18.1 Å². The van der Waals surface area contributed by atoms with Gasteiger partial charge in [0.2, 0.25) is 0 Å². The smallest absolute Gasteiger partial charge is 0.270 e. The van der Waals surface area contributed by atoms with Crippen LogP contribution in [0, 0.1) is 0 Å². The molecule has 5 rings (SSSR count). The first kappa shape index (κ1) is 29.6. The summed E-state index contributed by atoms with van der Waals surface area (Å²) in [6.07, 6.45) is 1.44. The Kier molecular flexibility index (Phi) is 9.24. The number of amides is 2. The minimum absolute atomic E-state index is 0.00475. The Morgan fingerprint density at radius 3 is 2.16 bits per heavy atom. The highest BCUT2D eigenvalue weighted by atomic mass is 35.5. The average molecular weight is 615 g/mol. The maximum atomic E-state index is 13.3. The Hall–Kier alpha value is -4.86. The number of ether oxygens (including phenoxy) is 4. The molecule has 43 heavy (non-hydrogen) atoms. The van der Waals surface area contributed by atoms with Crippen LogP contribution in [0.25, 0.3) is 6.08 Å². The van der Waals surface area contributed by atoms with Gasteiger partial charge in [-0.1, -0.05) is 66.2 Å². The Morgan fingerprint density at radius 1 is 0.791 bits per heavy atom. The van der Waals surface area contributed by atoms with Crippen LogP contribution >= 0.6 is 23.8 Å². The van der Waals surface area contributed by atoms with E-state index >= 15 is 0 Å². The van der Waals surface area contributed by atoms with Crippen molar-refractivity contribution in [2.24, 2.45) is 0 Å². The van der Waals surface area contributed by atoms with Crippen LogP contribution in [0.4, 0.5) is 5.69 Å². The van der Waals surface area contributed by atoms with Crippen LogP contribution in [-0.4, -0.2) is 31.1 Å². The van der Waals surface area contributed by atoms with E-state index in [9.17, 15) is 9.59 Å². The summed E-state index contributed by atoms with van der Waals surface area (Å²) < 4.78 is 23.1. The number of halogens is 1. The maximum absolute atomic E-state index is 13.3. The summed E-state index contributed by atoms with van der Waals surface area (Å²) in [5, 5.41) is 2.81. The second-order valence-corrected chi connectivity index (χ2v) is 10.2. The van der Waals surface area contributed by atoms with Gasteiger partial charge in [-0.3, -0.25) is 19.8 Å². The molecule has 4 aromatic rings. The topological polar surface area (TPSA) is 86.3 Å². The van der Waals surface area contributed by atoms with Crippen LogP contribution < -0.4 is 29.2 Å². The summed E-state index contributed by atoms with van der Waals surface area (Å²) in [7, 11) is 3.05. The van der Waals surface area contributed by atoms with Gasteiger partial charge in [0.1, 0.15) is 18.8 Å². The number of carbonyl (C=O) groups is 2. The zero-order valence-corrected chi connectivity index (χ0v) is 24.9. The normalized spacial score (nSPS) is 14.0. The van der Waals surface area contributed by atoms with E-state index in [2.05, 4.69) is 5.32 Å². The number of nitrogens with one attached hydrogen (secondary N) is 1. The first-order valence-corrected chi connectivity index (χ1v) is 14.0. The Morgan fingerprint density at radius 2 is 1.47 bits per heavy atom. The number of thiocarbonyl (C=S) groups is 1. The molecule has 1 aliphatic rings. The largest absolute Gasteiger partial charge is 0.493 e. The SMILES string of the molecule is COc1cc(COc2c(Cl)cc(/C=C3/C(=O)NC(=S)N(c4ccccc4)C3=O)cc2OC)ccc1OCc1ccccc1. The fourth-order valence-electron chi connectivity index (χ4n) is 4.41. The van der Waals surface area contributed by atoms with E-state index in [1.54, 1.807) is 43.5 Å². The number of para-hydroxylation sites is 1. The highest BCUT2D eigenvalue weighted by molar-refractivity contribution is 7.80. The van der Waals surface area contributed by atoms with Crippen molar-refractivity contribution in [2.75, 3.05) is 19.1 Å². The molecule has 0 bridgehead atoms. The summed E-state index contributed by atoms with van der Waals surface area (Å²) in [4.78, 5) is 27.3. The number of hydrogen-bond donors (Lipinski definition) is 1. The molecule has 218 valence electrons. The summed E-state index contributed by atoms with van der Waals surface area (Å²) in [6.45, 7) is 0.572. The van der Waals surface area contributed by atoms with Crippen molar-refractivity contribution in [2.45, 2.75) is 13.2 Å². The number of methoxy groups -OCH3 is 2. The van der Waals surface area contributed by atoms with Crippen LogP contribution in [0.15, 0.2) is 96.6 Å². The summed E-state index contributed by atoms with van der Waals surface area (Å²) in [5.74, 6) is 0.644. The minimum Gasteiger partial charge on any atom is -0.493 e. The van der Waals surface area contributed by atoms with Crippen LogP contribution in [0.3, 0.4) is 0 Å². The molecule has 0 saturated carbocycles. The molecule has 4 aromatic carbocycles. The molecule has 0 radical (unpaired) electrons. The molecule has 1 N–H and O–H groups in total. The van der Waals surface area contributed by atoms with Crippen LogP contribution in [-0.2, 0) is 22.8 Å². The lowest BCUT2D eigenvalue weighted by Gasteiger charge is -2.28. The molecule has 1 fully saturated rings. The molecule has 1 aliphatic heterocycles. The zero-order valence-electron chi connectivity index (χ0n) is 23.3. The molecular formula is C33H27ClN2O6S. The van der Waals surface area contributed by atoms with E-state index in [4.69, 9.17) is 42.8 Å². The zero-order chi connectivity index (χ0) is 30.3. The van der Waals surface area contributed by atoms with Crippen LogP contribution in [0.1, 0.15) is 16.7 Å². The predicted molar refractivity (Wildman–Crippen MR) is 169 cm³/mol. The fourth-order valence-corrected chi connectivity index (χ4v) is 4.97. The number of hydrogen-bond acceptors (Lipinski definition) is 7. The monoisotopic (exact) mass is 614 g/mol. The van der Waals surface area contributed by atoms with E-state index in [-0.39, 0.29) is 22.3 Å². The van der Waals surface area contributed by atoms with E-state index < -0.39 is 11.8 Å². The van der Waals surface area contributed by atoms with Gasteiger partial charge in [-0.05, 0) is 71.4 Å². The van der Waals surface area contributed by atoms with Crippen molar-refractivity contribution in [1.82, 2.24) is 5.32 Å². The standard InChI is InChI=1S/C33H27ClN2O6S/c1-39-28-17-22(13-14-27(28)41-19-21-9-5-3-6-10-21)20-42-30-26(34)16-23(18-29(30)40-2)15-25-31(37)35-33(43)36(32(25)38)24-11-7-4-8-12-24/h3-18H,19-20H2,1-2H3,(H,35,37,43)/b25-15-. The van der Waals surface area contributed by atoms with Gasteiger partial charge in [0, 0.05) is 0 Å². The lowest BCUT2D eigenvalue weighted by Crippen LogP contribution is -2.54. The van der Waals surface area contributed by atoms with Gasteiger partial charge in [-0.2, -0.15) is 0 Å². The van der Waals surface area contributed by atoms with Gasteiger partial charge in [0.15, 0.2) is 28.1 Å². The molecule has 0 spiro atoms. The predicted octanol–water partition coefficient (Wildman–Crippen LogP) is 6.35. The van der Waals surface area contributed by atoms with Crippen LogP contribution in [0.2, 0.25) is 5.02 Å². The second-order valence-electron chi connectivity index (χ2n) is 9.38. The van der Waals surface area contributed by atoms with Gasteiger partial charge in [0.25, 0.3) is 11.8 Å². The van der Waals surface area contributed by atoms with Gasteiger partial charge in [-0.15, -0.1) is 0 Å². The number of benzene rings is 4. The molecule has 1 saturated heterocycles. The highest BCUT2D eigenvalue weighted by Crippen LogP contribution is 2.38.